The maximum atomic E-state index is 12.6. The molecule has 4 N–H and O–H groups in total. The van der Waals surface area contributed by atoms with Crippen LogP contribution in [0, 0.1) is 13.8 Å². The molecule has 0 aliphatic rings. The largest absolute Gasteiger partial charge is 0.445 e. The van der Waals surface area contributed by atoms with Crippen molar-refractivity contribution in [2.75, 3.05) is 5.32 Å². The van der Waals surface area contributed by atoms with E-state index in [0.29, 0.717) is 10.2 Å². The van der Waals surface area contributed by atoms with Crippen LogP contribution in [-0.4, -0.2) is 23.9 Å². The van der Waals surface area contributed by atoms with Gasteiger partial charge in [-0.1, -0.05) is 30.3 Å². The Balaban J connectivity index is 2.03. The third kappa shape index (κ3) is 6.38. The number of carbonyl (C=O) groups excluding carboxylic acids is 3. The smallest absolute Gasteiger partial charge is 0.408 e. The molecule has 0 heterocycles. The first-order valence-electron chi connectivity index (χ1n) is 8.59. The van der Waals surface area contributed by atoms with Gasteiger partial charge in [0.15, 0.2) is 0 Å². The monoisotopic (exact) mass is 447 g/mol. The molecule has 2 aromatic carbocycles. The standard InChI is InChI=1S/C20H22BrN3O4/c1-12-8-15(21)16(9-13(12)2)23-19(26)17(10-18(22)25)24-20(27)28-11-14-6-4-3-5-7-14/h3-9,17H,10-11H2,1-2H3,(H2,22,25)(H,23,26)(H,24,27)/t17-/m0/s1. The highest BCUT2D eigenvalue weighted by Gasteiger charge is 2.24. The van der Waals surface area contributed by atoms with Gasteiger partial charge in [0.2, 0.25) is 11.8 Å². The van der Waals surface area contributed by atoms with Crippen LogP contribution in [0.4, 0.5) is 10.5 Å². The van der Waals surface area contributed by atoms with Crippen LogP contribution >= 0.6 is 15.9 Å². The van der Waals surface area contributed by atoms with E-state index in [9.17, 15) is 14.4 Å². The van der Waals surface area contributed by atoms with Crippen LogP contribution in [0.3, 0.4) is 0 Å². The Morgan fingerprint density at radius 3 is 2.39 bits per heavy atom. The third-order valence-electron chi connectivity index (χ3n) is 4.07. The summed E-state index contributed by atoms with van der Waals surface area (Å²) in [5.41, 5.74) is 8.59. The fraction of sp³-hybridized carbons (Fsp3) is 0.250. The number of hydrogen-bond acceptors (Lipinski definition) is 4. The van der Waals surface area contributed by atoms with E-state index in [1.165, 1.54) is 0 Å². The number of carbonyl (C=O) groups is 3. The Morgan fingerprint density at radius 1 is 1.11 bits per heavy atom. The van der Waals surface area contributed by atoms with E-state index < -0.39 is 23.9 Å². The zero-order chi connectivity index (χ0) is 20.7. The fourth-order valence-electron chi connectivity index (χ4n) is 2.41. The van der Waals surface area contributed by atoms with Crippen molar-refractivity contribution in [3.63, 3.8) is 0 Å². The number of amides is 3. The highest BCUT2D eigenvalue weighted by molar-refractivity contribution is 9.10. The normalized spacial score (nSPS) is 11.4. The van der Waals surface area contributed by atoms with Gasteiger partial charge in [0.25, 0.3) is 0 Å². The van der Waals surface area contributed by atoms with Gasteiger partial charge in [0.05, 0.1) is 12.1 Å². The average Bonchev–Trinajstić information content (AvgIpc) is 2.64. The van der Waals surface area contributed by atoms with Crippen molar-refractivity contribution < 1.29 is 19.1 Å². The second-order valence-corrected chi connectivity index (χ2v) is 7.19. The summed E-state index contributed by atoms with van der Waals surface area (Å²) in [7, 11) is 0. The van der Waals surface area contributed by atoms with Gasteiger partial charge in [0, 0.05) is 4.47 Å². The molecular formula is C20H22BrN3O4. The lowest BCUT2D eigenvalue weighted by Gasteiger charge is -2.18. The number of aryl methyl sites for hydroxylation is 2. The van der Waals surface area contributed by atoms with Crippen molar-refractivity contribution in [2.45, 2.75) is 32.9 Å². The molecule has 0 aliphatic carbocycles. The number of anilines is 1. The van der Waals surface area contributed by atoms with Gasteiger partial charge in [-0.05, 0) is 58.6 Å². The van der Waals surface area contributed by atoms with Gasteiger partial charge >= 0.3 is 6.09 Å². The van der Waals surface area contributed by atoms with E-state index in [-0.39, 0.29) is 13.0 Å². The first-order valence-corrected chi connectivity index (χ1v) is 9.38. The number of benzene rings is 2. The predicted molar refractivity (Wildman–Crippen MR) is 110 cm³/mol. The molecule has 0 radical (unpaired) electrons. The first-order chi connectivity index (χ1) is 13.3. The molecule has 148 valence electrons. The minimum absolute atomic E-state index is 0.0420. The van der Waals surface area contributed by atoms with Crippen LogP contribution in [0.5, 0.6) is 0 Å². The van der Waals surface area contributed by atoms with Gasteiger partial charge in [-0.15, -0.1) is 0 Å². The van der Waals surface area contributed by atoms with E-state index >= 15 is 0 Å². The third-order valence-corrected chi connectivity index (χ3v) is 4.72. The van der Waals surface area contributed by atoms with E-state index in [2.05, 4.69) is 26.6 Å². The first kappa shape index (κ1) is 21.4. The summed E-state index contributed by atoms with van der Waals surface area (Å²) in [6.07, 6.45) is -1.17. The lowest BCUT2D eigenvalue weighted by Crippen LogP contribution is -2.46. The van der Waals surface area contributed by atoms with Gasteiger partial charge in [-0.3, -0.25) is 9.59 Å². The Hall–Kier alpha value is -2.87. The summed E-state index contributed by atoms with van der Waals surface area (Å²) in [4.78, 5) is 36.0. The Labute approximate surface area is 171 Å². The van der Waals surface area contributed by atoms with Crippen LogP contribution < -0.4 is 16.4 Å². The van der Waals surface area contributed by atoms with Crippen molar-refractivity contribution in [3.05, 3.63) is 63.6 Å². The molecule has 0 aliphatic heterocycles. The van der Waals surface area contributed by atoms with Gasteiger partial charge in [-0.25, -0.2) is 4.79 Å². The molecule has 7 nitrogen and oxygen atoms in total. The number of nitrogens with two attached hydrogens (primary N) is 1. The van der Waals surface area contributed by atoms with Crippen molar-refractivity contribution in [2.24, 2.45) is 5.73 Å². The van der Waals surface area contributed by atoms with E-state index in [1.807, 2.05) is 38.1 Å². The topological polar surface area (TPSA) is 111 Å². The molecule has 8 heteroatoms. The molecule has 1 atom stereocenters. The van der Waals surface area contributed by atoms with E-state index in [0.717, 1.165) is 16.7 Å². The van der Waals surface area contributed by atoms with Crippen LogP contribution in [-0.2, 0) is 20.9 Å². The summed E-state index contributed by atoms with van der Waals surface area (Å²) < 4.78 is 5.80. The van der Waals surface area contributed by atoms with Crippen molar-refractivity contribution >= 4 is 39.5 Å². The lowest BCUT2D eigenvalue weighted by molar-refractivity contribution is -0.123. The van der Waals surface area contributed by atoms with Crippen molar-refractivity contribution in [1.29, 1.82) is 0 Å². The SMILES string of the molecule is Cc1cc(Br)c(NC(=O)[C@H](CC(N)=O)NC(=O)OCc2ccccc2)cc1C. The van der Waals surface area contributed by atoms with E-state index in [4.69, 9.17) is 10.5 Å². The second kappa shape index (κ2) is 9.89. The Morgan fingerprint density at radius 2 is 1.75 bits per heavy atom. The number of primary amides is 1. The van der Waals surface area contributed by atoms with Crippen LogP contribution in [0.1, 0.15) is 23.1 Å². The van der Waals surface area contributed by atoms with Gasteiger partial charge < -0.3 is 21.1 Å². The van der Waals surface area contributed by atoms with Gasteiger partial charge in [0.1, 0.15) is 12.6 Å². The van der Waals surface area contributed by atoms with Gasteiger partial charge in [-0.2, -0.15) is 0 Å². The Kier molecular flexibility index (Phi) is 7.57. The highest BCUT2D eigenvalue weighted by atomic mass is 79.9. The van der Waals surface area contributed by atoms with Crippen LogP contribution in [0.25, 0.3) is 0 Å². The summed E-state index contributed by atoms with van der Waals surface area (Å²) in [5, 5.41) is 5.09. The summed E-state index contributed by atoms with van der Waals surface area (Å²) >= 11 is 3.39. The lowest BCUT2D eigenvalue weighted by atomic mass is 10.1. The molecule has 0 unspecified atom stereocenters. The summed E-state index contributed by atoms with van der Waals surface area (Å²) in [6, 6.07) is 11.6. The van der Waals surface area contributed by atoms with Crippen molar-refractivity contribution in [3.8, 4) is 0 Å². The minimum Gasteiger partial charge on any atom is -0.445 e. The quantitative estimate of drug-likeness (QED) is 0.604. The molecule has 2 aromatic rings. The molecule has 2 rings (SSSR count). The Bertz CT molecular complexity index is 871. The molecule has 28 heavy (non-hydrogen) atoms. The molecular weight excluding hydrogens is 426 g/mol. The number of ether oxygens (including phenoxy) is 1. The zero-order valence-electron chi connectivity index (χ0n) is 15.6. The molecule has 0 spiro atoms. The number of alkyl carbamates (subject to hydrolysis) is 1. The molecule has 3 amide bonds. The summed E-state index contributed by atoms with van der Waals surface area (Å²) in [5.74, 6) is -1.29. The van der Waals surface area contributed by atoms with E-state index in [1.54, 1.807) is 18.2 Å². The minimum atomic E-state index is -1.16. The number of halogens is 1. The molecule has 0 aromatic heterocycles. The number of nitrogens with one attached hydrogen (secondary N) is 2. The van der Waals surface area contributed by atoms with Crippen LogP contribution in [0.2, 0.25) is 0 Å². The average molecular weight is 448 g/mol. The maximum absolute atomic E-state index is 12.6. The predicted octanol–water partition coefficient (Wildman–Crippen LogP) is 3.17. The number of hydrogen-bond donors (Lipinski definition) is 3. The van der Waals surface area contributed by atoms with Crippen LogP contribution in [0.15, 0.2) is 46.9 Å². The summed E-state index contributed by atoms with van der Waals surface area (Å²) in [6.45, 7) is 3.91. The second-order valence-electron chi connectivity index (χ2n) is 6.33. The molecule has 0 fully saturated rings. The zero-order valence-corrected chi connectivity index (χ0v) is 17.2. The fourth-order valence-corrected chi connectivity index (χ4v) is 2.97. The number of rotatable bonds is 7. The molecule has 0 saturated heterocycles. The molecule has 0 saturated carbocycles. The maximum Gasteiger partial charge on any atom is 0.408 e. The highest BCUT2D eigenvalue weighted by Crippen LogP contribution is 2.26. The molecule has 0 bridgehead atoms. The van der Waals surface area contributed by atoms with Crippen molar-refractivity contribution in [1.82, 2.24) is 5.32 Å².